The molecule has 0 atom stereocenters. The van der Waals surface area contributed by atoms with Crippen molar-refractivity contribution in [2.75, 3.05) is 0 Å². The molecular formula is C12H11FN4O4. The molecule has 0 saturated heterocycles. The lowest BCUT2D eigenvalue weighted by Gasteiger charge is -2.03. The van der Waals surface area contributed by atoms with E-state index in [9.17, 15) is 19.3 Å². The number of carboxylic acids is 1. The first-order valence-corrected chi connectivity index (χ1v) is 6.00. The van der Waals surface area contributed by atoms with Crippen LogP contribution in [0.2, 0.25) is 0 Å². The van der Waals surface area contributed by atoms with Crippen molar-refractivity contribution in [3.63, 3.8) is 0 Å². The van der Waals surface area contributed by atoms with Gasteiger partial charge in [0.05, 0.1) is 23.6 Å². The normalized spacial score (nSPS) is 10.5. The summed E-state index contributed by atoms with van der Waals surface area (Å²) in [6.45, 7) is -0.0203. The molecule has 21 heavy (non-hydrogen) atoms. The van der Waals surface area contributed by atoms with E-state index in [1.165, 1.54) is 23.0 Å². The fourth-order valence-corrected chi connectivity index (χ4v) is 1.77. The van der Waals surface area contributed by atoms with Gasteiger partial charge in [-0.1, -0.05) is 17.3 Å². The molecule has 1 heterocycles. The monoisotopic (exact) mass is 294 g/mol. The third-order valence-corrected chi connectivity index (χ3v) is 2.77. The maximum atomic E-state index is 13.9. The van der Waals surface area contributed by atoms with Crippen LogP contribution in [0.5, 0.6) is 0 Å². The van der Waals surface area contributed by atoms with Gasteiger partial charge in [0.1, 0.15) is 0 Å². The lowest BCUT2D eigenvalue weighted by molar-refractivity contribution is -0.387. The molecule has 0 saturated carbocycles. The molecule has 0 aliphatic carbocycles. The minimum absolute atomic E-state index is 0.0203. The maximum absolute atomic E-state index is 13.9. The average molecular weight is 294 g/mol. The summed E-state index contributed by atoms with van der Waals surface area (Å²) in [4.78, 5) is 20.3. The molecule has 110 valence electrons. The molecule has 2 aromatic rings. The van der Waals surface area contributed by atoms with Crippen LogP contribution >= 0.6 is 0 Å². The van der Waals surface area contributed by atoms with E-state index in [4.69, 9.17) is 5.11 Å². The SMILES string of the molecule is O=C(O)CCc1cn(Cc2cccc([N+](=O)[O-])c2F)nn1. The van der Waals surface area contributed by atoms with Gasteiger partial charge in [-0.25, -0.2) is 4.68 Å². The Morgan fingerprint density at radius 1 is 1.48 bits per heavy atom. The highest BCUT2D eigenvalue weighted by molar-refractivity contribution is 5.66. The standard InChI is InChI=1S/C12H11FN4O4/c13-12-8(2-1-3-10(12)17(20)21)6-16-7-9(14-15-16)4-5-11(18)19/h1-3,7H,4-6H2,(H,18,19). The number of rotatable bonds is 6. The predicted molar refractivity (Wildman–Crippen MR) is 68.1 cm³/mol. The lowest BCUT2D eigenvalue weighted by atomic mass is 10.2. The number of carbonyl (C=O) groups is 1. The van der Waals surface area contributed by atoms with Crippen LogP contribution < -0.4 is 0 Å². The fraction of sp³-hybridized carbons (Fsp3) is 0.250. The van der Waals surface area contributed by atoms with E-state index >= 15 is 0 Å². The summed E-state index contributed by atoms with van der Waals surface area (Å²) >= 11 is 0. The number of carboxylic acid groups (broad SMARTS) is 1. The minimum atomic E-state index is -0.950. The summed E-state index contributed by atoms with van der Waals surface area (Å²) in [5.74, 6) is -1.86. The first-order valence-electron chi connectivity index (χ1n) is 6.00. The minimum Gasteiger partial charge on any atom is -0.481 e. The summed E-state index contributed by atoms with van der Waals surface area (Å²) in [6, 6.07) is 3.89. The van der Waals surface area contributed by atoms with E-state index < -0.39 is 22.4 Å². The molecule has 0 spiro atoms. The van der Waals surface area contributed by atoms with Crippen molar-refractivity contribution in [3.8, 4) is 0 Å². The molecule has 1 aromatic heterocycles. The summed E-state index contributed by atoms with van der Waals surface area (Å²) in [7, 11) is 0. The number of aliphatic carboxylic acids is 1. The van der Waals surface area contributed by atoms with Gasteiger partial charge in [-0.2, -0.15) is 4.39 Å². The molecular weight excluding hydrogens is 283 g/mol. The van der Waals surface area contributed by atoms with Crippen molar-refractivity contribution in [1.82, 2.24) is 15.0 Å². The fourth-order valence-electron chi connectivity index (χ4n) is 1.77. The van der Waals surface area contributed by atoms with E-state index in [0.29, 0.717) is 5.69 Å². The molecule has 0 aliphatic heterocycles. The molecule has 0 bridgehead atoms. The summed E-state index contributed by atoms with van der Waals surface area (Å²) < 4.78 is 15.2. The van der Waals surface area contributed by atoms with Crippen LogP contribution in [0.1, 0.15) is 17.7 Å². The zero-order valence-corrected chi connectivity index (χ0v) is 10.8. The van der Waals surface area contributed by atoms with Crippen LogP contribution in [0.4, 0.5) is 10.1 Å². The van der Waals surface area contributed by atoms with E-state index in [-0.39, 0.29) is 24.9 Å². The quantitative estimate of drug-likeness (QED) is 0.636. The van der Waals surface area contributed by atoms with Gasteiger partial charge < -0.3 is 5.11 Å². The Kier molecular flexibility index (Phi) is 4.21. The van der Waals surface area contributed by atoms with Gasteiger partial charge in [0.25, 0.3) is 0 Å². The number of aryl methyl sites for hydroxylation is 1. The van der Waals surface area contributed by atoms with Gasteiger partial charge in [0, 0.05) is 24.2 Å². The second kappa shape index (κ2) is 6.07. The van der Waals surface area contributed by atoms with E-state index in [2.05, 4.69) is 10.3 Å². The first-order chi connectivity index (χ1) is 9.97. The molecule has 0 fully saturated rings. The van der Waals surface area contributed by atoms with Crippen LogP contribution in [0.25, 0.3) is 0 Å². The van der Waals surface area contributed by atoms with E-state index in [1.807, 2.05) is 0 Å². The van der Waals surface area contributed by atoms with Crippen LogP contribution in [0.3, 0.4) is 0 Å². The third kappa shape index (κ3) is 3.59. The molecule has 0 amide bonds. The zero-order chi connectivity index (χ0) is 15.4. The highest BCUT2D eigenvalue weighted by atomic mass is 19.1. The van der Waals surface area contributed by atoms with Gasteiger partial charge in [-0.15, -0.1) is 5.10 Å². The van der Waals surface area contributed by atoms with Gasteiger partial charge in [-0.3, -0.25) is 14.9 Å². The number of hydrogen-bond donors (Lipinski definition) is 1. The number of aromatic nitrogens is 3. The zero-order valence-electron chi connectivity index (χ0n) is 10.8. The largest absolute Gasteiger partial charge is 0.481 e. The molecule has 2 rings (SSSR count). The van der Waals surface area contributed by atoms with E-state index in [1.54, 1.807) is 0 Å². The van der Waals surface area contributed by atoms with Crippen molar-refractivity contribution >= 4 is 11.7 Å². The lowest BCUT2D eigenvalue weighted by Crippen LogP contribution is -2.04. The van der Waals surface area contributed by atoms with Crippen molar-refractivity contribution in [2.45, 2.75) is 19.4 Å². The summed E-state index contributed by atoms with van der Waals surface area (Å²) in [6.07, 6.45) is 1.62. The van der Waals surface area contributed by atoms with Crippen molar-refractivity contribution in [3.05, 3.63) is 51.6 Å². The van der Waals surface area contributed by atoms with Crippen molar-refractivity contribution in [2.24, 2.45) is 0 Å². The molecule has 0 radical (unpaired) electrons. The Morgan fingerprint density at radius 3 is 2.90 bits per heavy atom. The Morgan fingerprint density at radius 2 is 2.24 bits per heavy atom. The molecule has 0 aliphatic rings. The Bertz CT molecular complexity index is 686. The predicted octanol–water partition coefficient (Wildman–Crippen LogP) is 1.39. The molecule has 8 nitrogen and oxygen atoms in total. The van der Waals surface area contributed by atoms with Gasteiger partial charge in [-0.05, 0) is 0 Å². The Hall–Kier alpha value is -2.84. The average Bonchev–Trinajstić information content (AvgIpc) is 2.86. The van der Waals surface area contributed by atoms with E-state index in [0.717, 1.165) is 6.07 Å². The number of nitrogens with zero attached hydrogens (tertiary/aromatic N) is 4. The number of hydrogen-bond acceptors (Lipinski definition) is 5. The number of nitro benzene ring substituents is 1. The highest BCUT2D eigenvalue weighted by Gasteiger charge is 2.17. The highest BCUT2D eigenvalue weighted by Crippen LogP contribution is 2.20. The molecule has 9 heteroatoms. The van der Waals surface area contributed by atoms with Crippen molar-refractivity contribution in [1.29, 1.82) is 0 Å². The van der Waals surface area contributed by atoms with Crippen LogP contribution in [0.15, 0.2) is 24.4 Å². The Labute approximate surface area is 118 Å². The second-order valence-corrected chi connectivity index (χ2v) is 4.31. The van der Waals surface area contributed by atoms with Gasteiger partial charge in [0.15, 0.2) is 0 Å². The molecule has 1 aromatic carbocycles. The second-order valence-electron chi connectivity index (χ2n) is 4.31. The van der Waals surface area contributed by atoms with Crippen molar-refractivity contribution < 1.29 is 19.2 Å². The molecule has 0 unspecified atom stereocenters. The van der Waals surface area contributed by atoms with Crippen LogP contribution in [-0.2, 0) is 17.8 Å². The topological polar surface area (TPSA) is 111 Å². The molecule has 1 N–H and O–H groups in total. The number of halogens is 1. The first kappa shape index (κ1) is 14.6. The smallest absolute Gasteiger partial charge is 0.305 e. The summed E-state index contributed by atoms with van der Waals surface area (Å²) in [5.41, 5.74) is -0.0270. The summed E-state index contributed by atoms with van der Waals surface area (Å²) in [5, 5.41) is 26.7. The van der Waals surface area contributed by atoms with Crippen LogP contribution in [-0.4, -0.2) is 31.0 Å². The maximum Gasteiger partial charge on any atom is 0.305 e. The van der Waals surface area contributed by atoms with Gasteiger partial charge >= 0.3 is 11.7 Å². The Balaban J connectivity index is 2.14. The van der Waals surface area contributed by atoms with Crippen LogP contribution in [0, 0.1) is 15.9 Å². The van der Waals surface area contributed by atoms with Gasteiger partial charge in [0.2, 0.25) is 5.82 Å². The third-order valence-electron chi connectivity index (χ3n) is 2.77. The number of nitro groups is 1. The number of benzene rings is 1.